The van der Waals surface area contributed by atoms with Crippen molar-refractivity contribution in [3.05, 3.63) is 171 Å². The van der Waals surface area contributed by atoms with Gasteiger partial charge in [-0.25, -0.2) is 0 Å². The van der Waals surface area contributed by atoms with Crippen molar-refractivity contribution in [2.45, 2.75) is 115 Å². The van der Waals surface area contributed by atoms with Gasteiger partial charge in [0.15, 0.2) is 0 Å². The smallest absolute Gasteiger partial charge is 0.131 e. The van der Waals surface area contributed by atoms with Gasteiger partial charge in [0.2, 0.25) is 0 Å². The molecule has 0 bridgehead atoms. The largest absolute Gasteiger partial charge is 0.484 e. The van der Waals surface area contributed by atoms with E-state index in [1.807, 2.05) is 0 Å². The predicted octanol–water partition coefficient (Wildman–Crippen LogP) is 11.4. The first-order valence-electron chi connectivity index (χ1n) is 22.8. The molecule has 11 rings (SSSR count). The molecule has 0 radical (unpaired) electrons. The maximum atomic E-state index is 7.00. The summed E-state index contributed by atoms with van der Waals surface area (Å²) < 4.78 is 7.00. The van der Waals surface area contributed by atoms with Crippen molar-refractivity contribution < 1.29 is 4.74 Å². The molecule has 1 N–H and O–H groups in total. The molecule has 5 heteroatoms. The molecule has 1 saturated heterocycles. The highest BCUT2D eigenvalue weighted by molar-refractivity contribution is 5.85. The second kappa shape index (κ2) is 15.4. The summed E-state index contributed by atoms with van der Waals surface area (Å²) in [5, 5.41) is 4.31. The zero-order valence-corrected chi connectivity index (χ0v) is 35.2. The molecule has 7 unspecified atom stereocenters. The number of nitrogens with one attached hydrogen (secondary N) is 1. The number of hydrogen-bond donors (Lipinski definition) is 1. The third-order valence-corrected chi connectivity index (χ3v) is 15.1. The van der Waals surface area contributed by atoms with E-state index in [1.165, 1.54) is 81.6 Å². The van der Waals surface area contributed by atoms with Gasteiger partial charge in [0, 0.05) is 34.4 Å². The lowest BCUT2D eigenvalue weighted by Gasteiger charge is -2.53. The van der Waals surface area contributed by atoms with E-state index < -0.39 is 0 Å². The molecule has 10 aliphatic rings. The molecule has 0 spiro atoms. The fourth-order valence-corrected chi connectivity index (χ4v) is 12.2. The second-order valence-corrected chi connectivity index (χ2v) is 18.4. The molecular weight excluding hydrogens is 721 g/mol. The minimum atomic E-state index is 0.0373. The highest BCUT2D eigenvalue weighted by Gasteiger charge is 2.48. The zero-order chi connectivity index (χ0) is 39.6. The Labute approximate surface area is 352 Å². The number of likely N-dealkylation sites (N-methyl/N-ethyl adjacent to an activating group) is 2. The van der Waals surface area contributed by atoms with Crippen LogP contribution in [-0.4, -0.2) is 59.4 Å². The van der Waals surface area contributed by atoms with E-state index in [0.29, 0.717) is 17.9 Å². The average molecular weight is 781 g/mol. The van der Waals surface area contributed by atoms with Crippen LogP contribution in [0.2, 0.25) is 0 Å². The summed E-state index contributed by atoms with van der Waals surface area (Å²) in [5.74, 6) is 1.76. The standard InChI is InChI=1S/C54H60N4O/c1-35-50-43-26-16-17-27-47(43)58(41-24-14-7-15-25-41)48(50)34-45-44-33-40(29-31-49(44)59-51(35)45)42-30-28-39(36-18-8-4-9-19-36)32-46(42)53-55-52(37-20-10-5-11-21-37)56(2)54(57(53)3)38-22-12-6-13-23-38/h4,6-8,12,14-18,20,22,24,27,29,31-35,41,43,51-55H,5,9-11,13,19,21,23,25-26,28,30H2,1-3H3. The second-order valence-electron chi connectivity index (χ2n) is 18.4. The van der Waals surface area contributed by atoms with E-state index in [-0.39, 0.29) is 24.6 Å². The first-order chi connectivity index (χ1) is 29.0. The summed E-state index contributed by atoms with van der Waals surface area (Å²) in [4.78, 5) is 7.94. The van der Waals surface area contributed by atoms with Crippen molar-refractivity contribution in [1.82, 2.24) is 20.0 Å². The molecule has 59 heavy (non-hydrogen) atoms. The molecule has 1 aromatic rings. The van der Waals surface area contributed by atoms with E-state index in [1.54, 1.807) is 11.1 Å². The Morgan fingerprint density at radius 1 is 0.729 bits per heavy atom. The highest BCUT2D eigenvalue weighted by atomic mass is 16.5. The van der Waals surface area contributed by atoms with E-state index in [4.69, 9.17) is 4.74 Å². The van der Waals surface area contributed by atoms with Gasteiger partial charge >= 0.3 is 0 Å². The van der Waals surface area contributed by atoms with E-state index in [9.17, 15) is 0 Å². The van der Waals surface area contributed by atoms with Crippen LogP contribution in [0.4, 0.5) is 0 Å². The van der Waals surface area contributed by atoms with Crippen LogP contribution in [0, 0.1) is 11.8 Å². The molecule has 0 saturated carbocycles. The van der Waals surface area contributed by atoms with Gasteiger partial charge in [-0.15, -0.1) is 0 Å². The fraction of sp³-hybridized carbons (Fsp3) is 0.407. The maximum absolute atomic E-state index is 7.00. The van der Waals surface area contributed by atoms with Crippen molar-refractivity contribution in [1.29, 1.82) is 0 Å². The van der Waals surface area contributed by atoms with Crippen LogP contribution < -0.4 is 10.1 Å². The van der Waals surface area contributed by atoms with Gasteiger partial charge in [-0.2, -0.15) is 0 Å². The Bertz CT molecular complexity index is 2350. The minimum absolute atomic E-state index is 0.0373. The van der Waals surface area contributed by atoms with Crippen molar-refractivity contribution >= 4 is 11.1 Å². The lowest BCUT2D eigenvalue weighted by Crippen LogP contribution is -2.69. The molecule has 302 valence electrons. The average Bonchev–Trinajstić information content (AvgIpc) is 3.83. The molecule has 7 aliphatic carbocycles. The Morgan fingerprint density at radius 3 is 2.37 bits per heavy atom. The van der Waals surface area contributed by atoms with Crippen LogP contribution in [0.3, 0.4) is 0 Å². The summed E-state index contributed by atoms with van der Waals surface area (Å²) in [6.07, 6.45) is 51.9. The number of allylic oxidation sites excluding steroid dienone is 17. The van der Waals surface area contributed by atoms with Crippen LogP contribution in [-0.2, 0) is 0 Å². The van der Waals surface area contributed by atoms with Gasteiger partial charge in [0.05, 0.1) is 24.5 Å². The molecular formula is C54H60N4O. The van der Waals surface area contributed by atoms with E-state index >= 15 is 0 Å². The predicted molar refractivity (Wildman–Crippen MR) is 243 cm³/mol. The van der Waals surface area contributed by atoms with E-state index in [0.717, 1.165) is 57.1 Å². The Hall–Kier alpha value is -4.68. The van der Waals surface area contributed by atoms with Gasteiger partial charge in [0.25, 0.3) is 0 Å². The monoisotopic (exact) mass is 780 g/mol. The molecule has 0 amide bonds. The summed E-state index contributed by atoms with van der Waals surface area (Å²) >= 11 is 0. The Kier molecular flexibility index (Phi) is 9.75. The molecule has 7 atom stereocenters. The first kappa shape index (κ1) is 37.3. The lowest BCUT2D eigenvalue weighted by atomic mass is 9.76. The SMILES string of the molecule is CC1C2=C(C=C3c4cc(C5=C(C6NC(C7=CCCCC7)N(C)C(C7=CC=CCC7)N6C)C=C(C6=CC=CCC6)CC5)ccc4OC31)N(C1C=CC=CC1)C1=CC=CCC12. The number of hydrogen-bond acceptors (Lipinski definition) is 5. The number of ether oxygens (including phenoxy) is 1. The normalized spacial score (nSPS) is 32.7. The Balaban J connectivity index is 1.03. The van der Waals surface area contributed by atoms with Gasteiger partial charge in [-0.1, -0.05) is 98.1 Å². The van der Waals surface area contributed by atoms with Crippen LogP contribution in [0.25, 0.3) is 11.1 Å². The molecule has 3 aliphatic heterocycles. The summed E-state index contributed by atoms with van der Waals surface area (Å²) in [6.45, 7) is 2.42. The summed E-state index contributed by atoms with van der Waals surface area (Å²) in [7, 11) is 4.72. The van der Waals surface area contributed by atoms with Crippen LogP contribution in [0.1, 0.15) is 95.1 Å². The molecule has 1 aromatic carbocycles. The molecule has 1 fully saturated rings. The molecule has 0 aromatic heterocycles. The first-order valence-corrected chi connectivity index (χ1v) is 22.8. The van der Waals surface area contributed by atoms with Crippen molar-refractivity contribution in [2.24, 2.45) is 11.8 Å². The number of nitrogens with zero attached hydrogens (tertiary/aromatic N) is 3. The van der Waals surface area contributed by atoms with Crippen LogP contribution in [0.5, 0.6) is 5.75 Å². The van der Waals surface area contributed by atoms with Gasteiger partial charge in [-0.05, 0) is 160 Å². The van der Waals surface area contributed by atoms with Crippen LogP contribution in [0.15, 0.2) is 160 Å². The summed E-state index contributed by atoms with van der Waals surface area (Å²) in [6, 6.07) is 7.52. The lowest BCUT2D eigenvalue weighted by molar-refractivity contribution is -0.0182. The number of fused-ring (bicyclic) bond motifs is 5. The van der Waals surface area contributed by atoms with Gasteiger partial charge in [0.1, 0.15) is 11.9 Å². The zero-order valence-electron chi connectivity index (χ0n) is 35.2. The maximum Gasteiger partial charge on any atom is 0.131 e. The number of rotatable bonds is 6. The topological polar surface area (TPSA) is 31.0 Å². The van der Waals surface area contributed by atoms with E-state index in [2.05, 4.69) is 156 Å². The molecule has 5 nitrogen and oxygen atoms in total. The third-order valence-electron chi connectivity index (χ3n) is 15.1. The van der Waals surface area contributed by atoms with Gasteiger partial charge < -0.3 is 9.64 Å². The highest BCUT2D eigenvalue weighted by Crippen LogP contribution is 2.55. The van der Waals surface area contributed by atoms with Crippen LogP contribution >= 0.6 is 0 Å². The fourth-order valence-electron chi connectivity index (χ4n) is 12.2. The van der Waals surface area contributed by atoms with Crippen molar-refractivity contribution in [2.75, 3.05) is 14.1 Å². The quantitative estimate of drug-likeness (QED) is 0.291. The number of benzene rings is 1. The van der Waals surface area contributed by atoms with Crippen molar-refractivity contribution in [3.63, 3.8) is 0 Å². The third kappa shape index (κ3) is 6.38. The molecule has 3 heterocycles. The minimum Gasteiger partial charge on any atom is -0.484 e. The summed E-state index contributed by atoms with van der Waals surface area (Å²) in [5.41, 5.74) is 17.4. The Morgan fingerprint density at radius 2 is 1.58 bits per heavy atom. The van der Waals surface area contributed by atoms with Gasteiger partial charge in [-0.3, -0.25) is 15.1 Å². The van der Waals surface area contributed by atoms with Crippen molar-refractivity contribution in [3.8, 4) is 5.75 Å².